The Morgan fingerprint density at radius 2 is 2.00 bits per heavy atom. The van der Waals surface area contributed by atoms with Crippen LogP contribution in [0.4, 0.5) is 0 Å². The molecule has 0 saturated carbocycles. The highest BCUT2D eigenvalue weighted by molar-refractivity contribution is 5.24. The maximum Gasteiger partial charge on any atom is 0.0756 e. The summed E-state index contributed by atoms with van der Waals surface area (Å²) in [6, 6.07) is 0. The zero-order chi connectivity index (χ0) is 10.3. The molecule has 0 N–H and O–H groups in total. The Morgan fingerprint density at radius 3 is 2.71 bits per heavy atom. The molecule has 2 heterocycles. The number of nitrogens with zero attached hydrogens (tertiary/aromatic N) is 2. The van der Waals surface area contributed by atoms with Gasteiger partial charge < -0.3 is 0 Å². The SMILES string of the molecule is CC1=CC(C)(C)n2ncc(C)c2CC1. The van der Waals surface area contributed by atoms with Gasteiger partial charge in [0.1, 0.15) is 0 Å². The summed E-state index contributed by atoms with van der Waals surface area (Å²) in [6.45, 7) is 8.80. The van der Waals surface area contributed by atoms with Gasteiger partial charge in [-0.2, -0.15) is 5.10 Å². The fourth-order valence-corrected chi connectivity index (χ4v) is 2.31. The molecule has 1 aliphatic heterocycles. The molecule has 0 radical (unpaired) electrons. The molecule has 1 aliphatic rings. The number of hydrogen-bond acceptors (Lipinski definition) is 1. The number of allylic oxidation sites excluding steroid dienone is 2. The van der Waals surface area contributed by atoms with Crippen LogP contribution in [0.1, 0.15) is 38.4 Å². The fraction of sp³-hybridized carbons (Fsp3) is 0.583. The molecule has 0 aromatic carbocycles. The molecule has 14 heavy (non-hydrogen) atoms. The first kappa shape index (κ1) is 9.50. The van der Waals surface area contributed by atoms with Crippen LogP contribution >= 0.6 is 0 Å². The molecule has 2 rings (SSSR count). The molecule has 0 bridgehead atoms. The third-order valence-electron chi connectivity index (χ3n) is 2.98. The lowest BCUT2D eigenvalue weighted by Crippen LogP contribution is -2.26. The maximum absolute atomic E-state index is 4.48. The lowest BCUT2D eigenvalue weighted by molar-refractivity contribution is 0.396. The monoisotopic (exact) mass is 190 g/mol. The fourth-order valence-electron chi connectivity index (χ4n) is 2.31. The van der Waals surface area contributed by atoms with Crippen LogP contribution in [0.3, 0.4) is 0 Å². The smallest absolute Gasteiger partial charge is 0.0756 e. The minimum Gasteiger partial charge on any atom is -0.260 e. The van der Waals surface area contributed by atoms with Gasteiger partial charge in [-0.25, -0.2) is 0 Å². The topological polar surface area (TPSA) is 17.8 Å². The Morgan fingerprint density at radius 1 is 1.29 bits per heavy atom. The zero-order valence-corrected chi connectivity index (χ0v) is 9.46. The largest absolute Gasteiger partial charge is 0.260 e. The molecule has 0 amide bonds. The van der Waals surface area contributed by atoms with E-state index in [-0.39, 0.29) is 5.54 Å². The van der Waals surface area contributed by atoms with Crippen LogP contribution in [-0.2, 0) is 12.0 Å². The normalized spacial score (nSPS) is 19.9. The first-order valence-corrected chi connectivity index (χ1v) is 5.23. The van der Waals surface area contributed by atoms with Crippen molar-refractivity contribution in [3.63, 3.8) is 0 Å². The average Bonchev–Trinajstić information content (AvgIpc) is 2.37. The van der Waals surface area contributed by atoms with Crippen molar-refractivity contribution in [2.75, 3.05) is 0 Å². The highest BCUT2D eigenvalue weighted by atomic mass is 15.3. The van der Waals surface area contributed by atoms with E-state index in [1.54, 1.807) is 0 Å². The molecule has 76 valence electrons. The molecule has 0 atom stereocenters. The van der Waals surface area contributed by atoms with Crippen molar-refractivity contribution in [3.05, 3.63) is 29.1 Å². The van der Waals surface area contributed by atoms with Gasteiger partial charge in [-0.3, -0.25) is 4.68 Å². The number of rotatable bonds is 0. The summed E-state index contributed by atoms with van der Waals surface area (Å²) in [5.41, 5.74) is 4.22. The van der Waals surface area contributed by atoms with E-state index >= 15 is 0 Å². The van der Waals surface area contributed by atoms with Gasteiger partial charge in [0.05, 0.1) is 11.7 Å². The molecule has 1 aromatic rings. The van der Waals surface area contributed by atoms with Crippen molar-refractivity contribution in [2.45, 2.75) is 46.1 Å². The average molecular weight is 190 g/mol. The van der Waals surface area contributed by atoms with Crippen LogP contribution in [0.15, 0.2) is 17.8 Å². The maximum atomic E-state index is 4.48. The van der Waals surface area contributed by atoms with E-state index in [4.69, 9.17) is 0 Å². The highest BCUT2D eigenvalue weighted by Gasteiger charge is 2.24. The van der Waals surface area contributed by atoms with Crippen LogP contribution in [-0.4, -0.2) is 9.78 Å². The van der Waals surface area contributed by atoms with Gasteiger partial charge >= 0.3 is 0 Å². The number of aromatic nitrogens is 2. The van der Waals surface area contributed by atoms with Crippen LogP contribution in [0.5, 0.6) is 0 Å². The van der Waals surface area contributed by atoms with E-state index in [2.05, 4.69) is 43.6 Å². The number of aryl methyl sites for hydroxylation is 1. The van der Waals surface area contributed by atoms with Crippen molar-refractivity contribution >= 4 is 0 Å². The Kier molecular flexibility index (Phi) is 2.02. The second-order valence-corrected chi connectivity index (χ2v) is 4.83. The lowest BCUT2D eigenvalue weighted by atomic mass is 10.0. The summed E-state index contributed by atoms with van der Waals surface area (Å²) in [5, 5.41) is 4.48. The summed E-state index contributed by atoms with van der Waals surface area (Å²) in [7, 11) is 0. The zero-order valence-electron chi connectivity index (χ0n) is 9.46. The predicted molar refractivity (Wildman–Crippen MR) is 58.4 cm³/mol. The van der Waals surface area contributed by atoms with E-state index in [1.165, 1.54) is 16.8 Å². The summed E-state index contributed by atoms with van der Waals surface area (Å²) in [4.78, 5) is 0. The van der Waals surface area contributed by atoms with Crippen LogP contribution in [0.2, 0.25) is 0 Å². The second-order valence-electron chi connectivity index (χ2n) is 4.83. The summed E-state index contributed by atoms with van der Waals surface area (Å²) in [6.07, 6.45) is 6.59. The van der Waals surface area contributed by atoms with Gasteiger partial charge in [-0.05, 0) is 46.1 Å². The Hall–Kier alpha value is -1.05. The molecule has 0 fully saturated rings. The molecule has 0 aliphatic carbocycles. The van der Waals surface area contributed by atoms with E-state index in [9.17, 15) is 0 Å². The first-order chi connectivity index (χ1) is 6.50. The van der Waals surface area contributed by atoms with E-state index in [0.29, 0.717) is 0 Å². The summed E-state index contributed by atoms with van der Waals surface area (Å²) in [5.74, 6) is 0. The van der Waals surface area contributed by atoms with Gasteiger partial charge in [0.15, 0.2) is 0 Å². The Labute approximate surface area is 85.6 Å². The quantitative estimate of drug-likeness (QED) is 0.575. The molecule has 0 unspecified atom stereocenters. The van der Waals surface area contributed by atoms with Crippen molar-refractivity contribution in [1.29, 1.82) is 0 Å². The first-order valence-electron chi connectivity index (χ1n) is 5.23. The van der Waals surface area contributed by atoms with E-state index in [1.807, 2.05) is 6.20 Å². The van der Waals surface area contributed by atoms with Crippen LogP contribution < -0.4 is 0 Å². The van der Waals surface area contributed by atoms with Crippen molar-refractivity contribution in [2.24, 2.45) is 0 Å². The minimum absolute atomic E-state index is 0.0319. The molecular formula is C12H18N2. The van der Waals surface area contributed by atoms with Gasteiger partial charge in [0.25, 0.3) is 0 Å². The summed E-state index contributed by atoms with van der Waals surface area (Å²) < 4.78 is 2.17. The highest BCUT2D eigenvalue weighted by Crippen LogP contribution is 2.28. The minimum atomic E-state index is 0.0319. The van der Waals surface area contributed by atoms with Crippen molar-refractivity contribution in [1.82, 2.24) is 9.78 Å². The van der Waals surface area contributed by atoms with Crippen molar-refractivity contribution in [3.8, 4) is 0 Å². The van der Waals surface area contributed by atoms with Gasteiger partial charge in [0, 0.05) is 5.69 Å². The van der Waals surface area contributed by atoms with Crippen molar-refractivity contribution < 1.29 is 0 Å². The molecule has 0 spiro atoms. The van der Waals surface area contributed by atoms with Gasteiger partial charge in [-0.15, -0.1) is 0 Å². The van der Waals surface area contributed by atoms with E-state index in [0.717, 1.165) is 12.8 Å². The Balaban J connectivity index is 2.56. The summed E-state index contributed by atoms with van der Waals surface area (Å²) >= 11 is 0. The molecule has 0 saturated heterocycles. The Bertz CT molecular complexity index is 383. The lowest BCUT2D eigenvalue weighted by Gasteiger charge is -2.23. The second kappa shape index (κ2) is 2.97. The van der Waals surface area contributed by atoms with Gasteiger partial charge in [-0.1, -0.05) is 11.6 Å². The molecule has 2 nitrogen and oxygen atoms in total. The molecule has 1 aromatic heterocycles. The van der Waals surface area contributed by atoms with Crippen LogP contribution in [0, 0.1) is 6.92 Å². The number of hydrogen-bond donors (Lipinski definition) is 0. The third-order valence-corrected chi connectivity index (χ3v) is 2.98. The van der Waals surface area contributed by atoms with E-state index < -0.39 is 0 Å². The number of fused-ring (bicyclic) bond motifs is 1. The standard InChI is InChI=1S/C12H18N2/c1-9-5-6-11-10(2)8-13-14(11)12(3,4)7-9/h7-8H,5-6H2,1-4H3. The third kappa shape index (κ3) is 1.39. The molecule has 2 heteroatoms. The molecular weight excluding hydrogens is 172 g/mol. The predicted octanol–water partition coefficient (Wildman–Crippen LogP) is 2.82. The van der Waals surface area contributed by atoms with Gasteiger partial charge in [0.2, 0.25) is 0 Å². The van der Waals surface area contributed by atoms with Crippen LogP contribution in [0.25, 0.3) is 0 Å².